The number of nitrogens with zero attached hydrogens (tertiary/aromatic N) is 1. The van der Waals surface area contributed by atoms with E-state index in [-0.39, 0.29) is 24.3 Å². The fourth-order valence-corrected chi connectivity index (χ4v) is 1.66. The Morgan fingerprint density at radius 1 is 1.75 bits per heavy atom. The Bertz CT molecular complexity index is 209. The van der Waals surface area contributed by atoms with E-state index in [1.54, 1.807) is 12.0 Å². The van der Waals surface area contributed by atoms with Gasteiger partial charge in [0.05, 0.1) is 6.04 Å². The summed E-state index contributed by atoms with van der Waals surface area (Å²) in [4.78, 5) is 12.7. The Labute approximate surface area is 70.4 Å². The molecular formula is C7H12N2O3. The third-order valence-corrected chi connectivity index (χ3v) is 2.48. The van der Waals surface area contributed by atoms with Gasteiger partial charge in [-0.15, -0.1) is 0 Å². The van der Waals surface area contributed by atoms with Gasteiger partial charge in [-0.1, -0.05) is 0 Å². The molecule has 2 heterocycles. The van der Waals surface area contributed by atoms with E-state index in [4.69, 9.17) is 15.2 Å². The molecule has 2 aliphatic heterocycles. The summed E-state index contributed by atoms with van der Waals surface area (Å²) >= 11 is 0. The van der Waals surface area contributed by atoms with Crippen LogP contribution in [-0.4, -0.2) is 43.0 Å². The second-order valence-corrected chi connectivity index (χ2v) is 3.10. The standard InChI is InChI=1S/C7H12N2O3/c1-11-5-2-4-6(8)7(10)9(4)3-12-5/h4-6H,2-3,8H2,1H3/t4-,5-,6-/m0/s1. The number of amides is 1. The normalized spacial score (nSPS) is 40.7. The minimum absolute atomic E-state index is 0.0189. The summed E-state index contributed by atoms with van der Waals surface area (Å²) in [5.41, 5.74) is 5.59. The molecule has 68 valence electrons. The molecule has 0 radical (unpaired) electrons. The summed E-state index contributed by atoms with van der Waals surface area (Å²) in [7, 11) is 1.59. The van der Waals surface area contributed by atoms with Crippen molar-refractivity contribution in [2.24, 2.45) is 5.73 Å². The van der Waals surface area contributed by atoms with Crippen LogP contribution in [0.3, 0.4) is 0 Å². The van der Waals surface area contributed by atoms with Crippen molar-refractivity contribution in [1.29, 1.82) is 0 Å². The molecule has 2 aliphatic rings. The quantitative estimate of drug-likeness (QED) is 0.508. The van der Waals surface area contributed by atoms with Gasteiger partial charge >= 0.3 is 0 Å². The van der Waals surface area contributed by atoms with Gasteiger partial charge in [-0.25, -0.2) is 0 Å². The lowest BCUT2D eigenvalue weighted by atomic mass is 9.92. The van der Waals surface area contributed by atoms with Crippen LogP contribution in [0.2, 0.25) is 0 Å². The highest BCUT2D eigenvalue weighted by molar-refractivity contribution is 5.89. The maximum absolute atomic E-state index is 11.1. The first-order chi connectivity index (χ1) is 5.74. The van der Waals surface area contributed by atoms with Crippen molar-refractivity contribution in [2.75, 3.05) is 13.8 Å². The second kappa shape index (κ2) is 2.69. The highest BCUT2D eigenvalue weighted by Crippen LogP contribution is 2.27. The van der Waals surface area contributed by atoms with Gasteiger partial charge in [-0.2, -0.15) is 0 Å². The average Bonchev–Trinajstić information content (AvgIpc) is 2.15. The molecular weight excluding hydrogens is 160 g/mol. The number of hydrogen-bond donors (Lipinski definition) is 1. The molecule has 2 saturated heterocycles. The summed E-state index contributed by atoms with van der Waals surface area (Å²) in [6.45, 7) is 0.315. The fraction of sp³-hybridized carbons (Fsp3) is 0.857. The molecule has 0 unspecified atom stereocenters. The Kier molecular flexibility index (Phi) is 1.79. The van der Waals surface area contributed by atoms with Crippen molar-refractivity contribution >= 4 is 5.91 Å². The molecule has 2 rings (SSSR count). The predicted molar refractivity (Wildman–Crippen MR) is 40.0 cm³/mol. The summed E-state index contributed by atoms with van der Waals surface area (Å²) in [6, 6.07) is -0.220. The predicted octanol–water partition coefficient (Wildman–Crippen LogP) is -1.13. The smallest absolute Gasteiger partial charge is 0.243 e. The first-order valence-electron chi connectivity index (χ1n) is 3.94. The average molecular weight is 172 g/mol. The number of carbonyl (C=O) groups is 1. The summed E-state index contributed by atoms with van der Waals surface area (Å²) in [5.74, 6) is -0.0189. The van der Waals surface area contributed by atoms with Crippen LogP contribution in [0.1, 0.15) is 6.42 Å². The number of ether oxygens (including phenoxy) is 2. The van der Waals surface area contributed by atoms with E-state index < -0.39 is 0 Å². The maximum Gasteiger partial charge on any atom is 0.243 e. The zero-order valence-electron chi connectivity index (χ0n) is 6.90. The van der Waals surface area contributed by atoms with Crippen molar-refractivity contribution < 1.29 is 14.3 Å². The summed E-state index contributed by atoms with van der Waals surface area (Å²) < 4.78 is 10.2. The number of nitrogens with two attached hydrogens (primary N) is 1. The van der Waals surface area contributed by atoms with Crippen LogP contribution >= 0.6 is 0 Å². The van der Waals surface area contributed by atoms with Gasteiger partial charge in [0, 0.05) is 13.5 Å². The minimum atomic E-state index is -0.341. The van der Waals surface area contributed by atoms with Gasteiger partial charge in [0.2, 0.25) is 5.91 Å². The number of β-lactam (4-membered cyclic amide) rings is 1. The molecule has 0 aromatic heterocycles. The summed E-state index contributed by atoms with van der Waals surface area (Å²) in [6.07, 6.45) is 0.481. The highest BCUT2D eigenvalue weighted by Gasteiger charge is 2.48. The molecule has 0 bridgehead atoms. The highest BCUT2D eigenvalue weighted by atomic mass is 16.7. The van der Waals surface area contributed by atoms with Crippen molar-refractivity contribution in [3.8, 4) is 0 Å². The van der Waals surface area contributed by atoms with E-state index in [2.05, 4.69) is 0 Å². The van der Waals surface area contributed by atoms with Crippen LogP contribution in [0.25, 0.3) is 0 Å². The minimum Gasteiger partial charge on any atom is -0.356 e. The second-order valence-electron chi connectivity index (χ2n) is 3.10. The molecule has 0 saturated carbocycles. The number of methoxy groups -OCH3 is 1. The Morgan fingerprint density at radius 3 is 3.17 bits per heavy atom. The number of rotatable bonds is 1. The molecule has 0 spiro atoms. The zero-order chi connectivity index (χ0) is 8.72. The molecule has 2 N–H and O–H groups in total. The third-order valence-electron chi connectivity index (χ3n) is 2.48. The van der Waals surface area contributed by atoms with Crippen LogP contribution < -0.4 is 5.73 Å². The zero-order valence-corrected chi connectivity index (χ0v) is 6.90. The molecule has 0 aliphatic carbocycles. The molecule has 0 aromatic carbocycles. The van der Waals surface area contributed by atoms with E-state index in [9.17, 15) is 4.79 Å². The number of carbonyl (C=O) groups excluding carboxylic acids is 1. The molecule has 3 atom stereocenters. The van der Waals surface area contributed by atoms with Gasteiger partial charge in [0.15, 0.2) is 6.29 Å². The molecule has 0 aromatic rings. The van der Waals surface area contributed by atoms with E-state index in [1.807, 2.05) is 0 Å². The van der Waals surface area contributed by atoms with Crippen molar-refractivity contribution in [3.63, 3.8) is 0 Å². The Morgan fingerprint density at radius 2 is 2.50 bits per heavy atom. The fourth-order valence-electron chi connectivity index (χ4n) is 1.66. The van der Waals surface area contributed by atoms with E-state index >= 15 is 0 Å². The van der Waals surface area contributed by atoms with Gasteiger partial charge in [0.25, 0.3) is 0 Å². The topological polar surface area (TPSA) is 64.8 Å². The number of fused-ring (bicyclic) bond motifs is 1. The first-order valence-corrected chi connectivity index (χ1v) is 3.94. The molecule has 2 fully saturated rings. The van der Waals surface area contributed by atoms with E-state index in [0.717, 1.165) is 0 Å². The van der Waals surface area contributed by atoms with Gasteiger partial charge in [0.1, 0.15) is 12.8 Å². The van der Waals surface area contributed by atoms with Crippen molar-refractivity contribution in [3.05, 3.63) is 0 Å². The SMILES string of the molecule is CO[C@@H]1C[C@H]2[C@H](N)C(=O)N2CO1. The molecule has 5 nitrogen and oxygen atoms in total. The molecule has 1 amide bonds. The maximum atomic E-state index is 11.1. The lowest BCUT2D eigenvalue weighted by Gasteiger charge is -2.49. The van der Waals surface area contributed by atoms with Crippen LogP contribution in [-0.2, 0) is 14.3 Å². The Hall–Kier alpha value is -0.650. The first kappa shape index (κ1) is 7.97. The van der Waals surface area contributed by atoms with E-state index in [1.165, 1.54) is 0 Å². The lowest BCUT2D eigenvalue weighted by molar-refractivity contribution is -0.224. The van der Waals surface area contributed by atoms with Crippen LogP contribution in [0.4, 0.5) is 0 Å². The summed E-state index contributed by atoms with van der Waals surface area (Å²) in [5, 5.41) is 0. The molecule has 12 heavy (non-hydrogen) atoms. The van der Waals surface area contributed by atoms with Crippen molar-refractivity contribution in [2.45, 2.75) is 24.8 Å². The molecule has 5 heteroatoms. The Balaban J connectivity index is 1.98. The van der Waals surface area contributed by atoms with Gasteiger partial charge in [-0.3, -0.25) is 4.79 Å². The lowest BCUT2D eigenvalue weighted by Crippen LogP contribution is -2.71. The van der Waals surface area contributed by atoms with Gasteiger partial charge in [-0.05, 0) is 0 Å². The third kappa shape index (κ3) is 0.939. The van der Waals surface area contributed by atoms with Crippen LogP contribution in [0.15, 0.2) is 0 Å². The van der Waals surface area contributed by atoms with Crippen LogP contribution in [0, 0.1) is 0 Å². The van der Waals surface area contributed by atoms with Crippen molar-refractivity contribution in [1.82, 2.24) is 4.90 Å². The van der Waals surface area contributed by atoms with Gasteiger partial charge < -0.3 is 20.1 Å². The van der Waals surface area contributed by atoms with E-state index in [0.29, 0.717) is 13.2 Å². The largest absolute Gasteiger partial charge is 0.356 e. The van der Waals surface area contributed by atoms with Crippen LogP contribution in [0.5, 0.6) is 0 Å². The number of hydrogen-bond acceptors (Lipinski definition) is 4. The monoisotopic (exact) mass is 172 g/mol.